The summed E-state index contributed by atoms with van der Waals surface area (Å²) < 4.78 is 5.31. The fourth-order valence-corrected chi connectivity index (χ4v) is 1.91. The van der Waals surface area contributed by atoms with Crippen LogP contribution < -0.4 is 4.90 Å². The van der Waals surface area contributed by atoms with E-state index < -0.39 is 5.97 Å². The van der Waals surface area contributed by atoms with Crippen molar-refractivity contribution in [3.8, 4) is 0 Å². The van der Waals surface area contributed by atoms with Crippen molar-refractivity contribution in [1.29, 1.82) is 0 Å². The van der Waals surface area contributed by atoms with Gasteiger partial charge in [0, 0.05) is 25.2 Å². The Labute approximate surface area is 102 Å². The molecular weight excluding hydrogens is 220 g/mol. The second-order valence-electron chi connectivity index (χ2n) is 4.34. The molecule has 0 radical (unpaired) electrons. The molecule has 0 bridgehead atoms. The minimum Gasteiger partial charge on any atom is -0.475 e. The van der Waals surface area contributed by atoms with Gasteiger partial charge in [-0.1, -0.05) is 0 Å². The Morgan fingerprint density at radius 2 is 2.12 bits per heavy atom. The summed E-state index contributed by atoms with van der Waals surface area (Å²) in [7, 11) is 4.02. The molecule has 0 aliphatic heterocycles. The van der Waals surface area contributed by atoms with Crippen LogP contribution in [0.15, 0.2) is 16.5 Å². The van der Waals surface area contributed by atoms with E-state index in [-0.39, 0.29) is 11.8 Å². The SMILES string of the molecule is CCN(c1ccc(C(=O)O)o1)C(C)CN(C)C. The topological polar surface area (TPSA) is 56.9 Å². The lowest BCUT2D eigenvalue weighted by atomic mass is 10.2. The van der Waals surface area contributed by atoms with E-state index in [1.807, 2.05) is 25.9 Å². The second kappa shape index (κ2) is 5.72. The molecular formula is C12H20N2O3. The predicted octanol–water partition coefficient (Wildman–Crippen LogP) is 1.75. The lowest BCUT2D eigenvalue weighted by molar-refractivity contribution is 0.0663. The summed E-state index contributed by atoms with van der Waals surface area (Å²) in [5.41, 5.74) is 0. The zero-order valence-corrected chi connectivity index (χ0v) is 10.8. The number of aromatic carboxylic acids is 1. The van der Waals surface area contributed by atoms with Gasteiger partial charge in [0.2, 0.25) is 5.76 Å². The molecule has 0 saturated carbocycles. The van der Waals surface area contributed by atoms with Crippen molar-refractivity contribution in [2.24, 2.45) is 0 Å². The van der Waals surface area contributed by atoms with Gasteiger partial charge in [0.05, 0.1) is 0 Å². The van der Waals surface area contributed by atoms with Gasteiger partial charge in [-0.3, -0.25) is 0 Å². The number of nitrogens with zero attached hydrogens (tertiary/aromatic N) is 2. The number of carboxylic acids is 1. The van der Waals surface area contributed by atoms with E-state index in [2.05, 4.69) is 11.8 Å². The van der Waals surface area contributed by atoms with Crippen LogP contribution in [-0.4, -0.2) is 49.2 Å². The maximum Gasteiger partial charge on any atom is 0.371 e. The van der Waals surface area contributed by atoms with E-state index in [1.165, 1.54) is 6.07 Å². The van der Waals surface area contributed by atoms with Crippen molar-refractivity contribution in [2.45, 2.75) is 19.9 Å². The number of likely N-dealkylation sites (N-methyl/N-ethyl adjacent to an activating group) is 2. The highest BCUT2D eigenvalue weighted by molar-refractivity contribution is 5.84. The van der Waals surface area contributed by atoms with E-state index in [9.17, 15) is 4.79 Å². The highest BCUT2D eigenvalue weighted by Crippen LogP contribution is 2.20. The van der Waals surface area contributed by atoms with Gasteiger partial charge in [-0.05, 0) is 34.0 Å². The highest BCUT2D eigenvalue weighted by Gasteiger charge is 2.18. The molecule has 1 unspecified atom stereocenters. The molecule has 1 aromatic rings. The van der Waals surface area contributed by atoms with Crippen molar-refractivity contribution in [3.05, 3.63) is 17.9 Å². The maximum absolute atomic E-state index is 10.8. The second-order valence-corrected chi connectivity index (χ2v) is 4.34. The lowest BCUT2D eigenvalue weighted by Gasteiger charge is -2.29. The fraction of sp³-hybridized carbons (Fsp3) is 0.583. The Morgan fingerprint density at radius 1 is 1.47 bits per heavy atom. The molecule has 96 valence electrons. The van der Waals surface area contributed by atoms with Gasteiger partial charge in [-0.25, -0.2) is 4.79 Å². The van der Waals surface area contributed by atoms with E-state index in [1.54, 1.807) is 6.07 Å². The first-order chi connectivity index (χ1) is 7.95. The molecule has 0 aliphatic rings. The summed E-state index contributed by atoms with van der Waals surface area (Å²) in [5.74, 6) is -0.442. The van der Waals surface area contributed by atoms with Crippen LogP contribution in [0.3, 0.4) is 0 Å². The van der Waals surface area contributed by atoms with Crippen LogP contribution in [0, 0.1) is 0 Å². The third-order valence-corrected chi connectivity index (χ3v) is 2.59. The van der Waals surface area contributed by atoms with Crippen molar-refractivity contribution in [2.75, 3.05) is 32.1 Å². The van der Waals surface area contributed by atoms with Gasteiger partial charge in [0.1, 0.15) is 0 Å². The Kier molecular flexibility index (Phi) is 4.57. The third-order valence-electron chi connectivity index (χ3n) is 2.59. The smallest absolute Gasteiger partial charge is 0.371 e. The quantitative estimate of drug-likeness (QED) is 0.821. The number of carbonyl (C=O) groups is 1. The first-order valence-electron chi connectivity index (χ1n) is 5.70. The van der Waals surface area contributed by atoms with Crippen LogP contribution in [-0.2, 0) is 0 Å². The fourth-order valence-electron chi connectivity index (χ4n) is 1.91. The summed E-state index contributed by atoms with van der Waals surface area (Å²) >= 11 is 0. The molecule has 0 aliphatic carbocycles. The van der Waals surface area contributed by atoms with Gasteiger partial charge >= 0.3 is 5.97 Å². The zero-order valence-electron chi connectivity index (χ0n) is 10.8. The Bertz CT molecular complexity index is 374. The number of hydrogen-bond donors (Lipinski definition) is 1. The Balaban J connectivity index is 2.81. The number of hydrogen-bond acceptors (Lipinski definition) is 4. The van der Waals surface area contributed by atoms with Crippen molar-refractivity contribution < 1.29 is 14.3 Å². The molecule has 0 aromatic carbocycles. The van der Waals surface area contributed by atoms with E-state index >= 15 is 0 Å². The van der Waals surface area contributed by atoms with Crippen LogP contribution in [0.2, 0.25) is 0 Å². The monoisotopic (exact) mass is 240 g/mol. The first kappa shape index (κ1) is 13.6. The highest BCUT2D eigenvalue weighted by atomic mass is 16.4. The number of rotatable bonds is 6. The lowest BCUT2D eigenvalue weighted by Crippen LogP contribution is -2.39. The summed E-state index contributed by atoms with van der Waals surface area (Å²) in [6, 6.07) is 3.46. The van der Waals surface area contributed by atoms with Crippen LogP contribution >= 0.6 is 0 Å². The molecule has 0 spiro atoms. The molecule has 0 amide bonds. The Hall–Kier alpha value is -1.49. The maximum atomic E-state index is 10.8. The molecule has 1 rings (SSSR count). The largest absolute Gasteiger partial charge is 0.475 e. The number of anilines is 1. The molecule has 1 heterocycles. The minimum atomic E-state index is -1.03. The van der Waals surface area contributed by atoms with Crippen molar-refractivity contribution in [1.82, 2.24) is 4.90 Å². The molecule has 5 heteroatoms. The van der Waals surface area contributed by atoms with Gasteiger partial charge in [-0.2, -0.15) is 0 Å². The van der Waals surface area contributed by atoms with Gasteiger partial charge in [0.25, 0.3) is 0 Å². The molecule has 1 N–H and O–H groups in total. The molecule has 17 heavy (non-hydrogen) atoms. The van der Waals surface area contributed by atoms with E-state index in [0.29, 0.717) is 5.88 Å². The predicted molar refractivity (Wildman–Crippen MR) is 66.7 cm³/mol. The minimum absolute atomic E-state index is 0.0181. The average Bonchev–Trinajstić information content (AvgIpc) is 2.66. The molecule has 0 fully saturated rings. The van der Waals surface area contributed by atoms with Crippen LogP contribution in [0.25, 0.3) is 0 Å². The summed E-state index contributed by atoms with van der Waals surface area (Å²) in [6.45, 7) is 5.78. The third kappa shape index (κ3) is 3.49. The van der Waals surface area contributed by atoms with Crippen molar-refractivity contribution >= 4 is 11.9 Å². The summed E-state index contributed by atoms with van der Waals surface area (Å²) in [4.78, 5) is 14.9. The number of furan rings is 1. The zero-order chi connectivity index (χ0) is 13.0. The summed E-state index contributed by atoms with van der Waals surface area (Å²) in [5, 5.41) is 8.82. The molecule has 1 aromatic heterocycles. The standard InChI is InChI=1S/C12H20N2O3/c1-5-14(9(2)8-13(3)4)11-7-6-10(17-11)12(15)16/h6-7,9H,5,8H2,1-4H3,(H,15,16). The average molecular weight is 240 g/mol. The van der Waals surface area contributed by atoms with Crippen LogP contribution in [0.1, 0.15) is 24.4 Å². The molecule has 1 atom stereocenters. The Morgan fingerprint density at radius 3 is 2.53 bits per heavy atom. The first-order valence-corrected chi connectivity index (χ1v) is 5.70. The van der Waals surface area contributed by atoms with E-state index in [4.69, 9.17) is 9.52 Å². The number of carboxylic acid groups (broad SMARTS) is 1. The summed E-state index contributed by atoms with van der Waals surface area (Å²) in [6.07, 6.45) is 0. The van der Waals surface area contributed by atoms with Gasteiger partial charge < -0.3 is 19.3 Å². The van der Waals surface area contributed by atoms with E-state index in [0.717, 1.165) is 13.1 Å². The van der Waals surface area contributed by atoms with Crippen LogP contribution in [0.4, 0.5) is 5.88 Å². The van der Waals surface area contributed by atoms with Gasteiger partial charge in [0.15, 0.2) is 5.88 Å². The van der Waals surface area contributed by atoms with Gasteiger partial charge in [-0.15, -0.1) is 0 Å². The normalized spacial score (nSPS) is 12.8. The van der Waals surface area contributed by atoms with Crippen molar-refractivity contribution in [3.63, 3.8) is 0 Å². The van der Waals surface area contributed by atoms with Crippen LogP contribution in [0.5, 0.6) is 0 Å². The molecule has 5 nitrogen and oxygen atoms in total. The molecule has 0 saturated heterocycles.